The first kappa shape index (κ1) is 22.3. The lowest BCUT2D eigenvalue weighted by atomic mass is 9.97. The number of piperazine rings is 1. The molecule has 0 atom stereocenters. The van der Waals surface area contributed by atoms with Gasteiger partial charge in [0.25, 0.3) is 0 Å². The summed E-state index contributed by atoms with van der Waals surface area (Å²) in [6.07, 6.45) is 2.43. The second-order valence-corrected chi connectivity index (χ2v) is 9.77. The molecule has 0 saturated carbocycles. The van der Waals surface area contributed by atoms with Crippen LogP contribution in [0.15, 0.2) is 36.4 Å². The minimum Gasteiger partial charge on any atom is -0.371 e. The van der Waals surface area contributed by atoms with E-state index >= 15 is 0 Å². The third kappa shape index (κ3) is 5.88. The van der Waals surface area contributed by atoms with E-state index in [0.29, 0.717) is 6.04 Å². The van der Waals surface area contributed by atoms with Gasteiger partial charge in [0.15, 0.2) is 0 Å². The highest BCUT2D eigenvalue weighted by Crippen LogP contribution is 2.23. The van der Waals surface area contributed by atoms with Crippen molar-refractivity contribution in [2.75, 3.05) is 51.2 Å². The van der Waals surface area contributed by atoms with Gasteiger partial charge in [-0.25, -0.2) is 0 Å². The van der Waals surface area contributed by atoms with Crippen LogP contribution in [0.4, 0.5) is 5.69 Å². The van der Waals surface area contributed by atoms with Crippen molar-refractivity contribution in [3.8, 4) is 0 Å². The van der Waals surface area contributed by atoms with Gasteiger partial charge >= 0.3 is 0 Å². The van der Waals surface area contributed by atoms with Crippen molar-refractivity contribution < 1.29 is 0 Å². The zero-order chi connectivity index (χ0) is 21.8. The normalized spacial score (nSPS) is 19.2. The molecule has 0 aromatic heterocycles. The maximum Gasteiger partial charge on any atom is 0.0368 e. The first-order chi connectivity index (χ1) is 15.0. The number of aryl methyl sites for hydroxylation is 2. The molecule has 168 valence electrons. The molecule has 31 heavy (non-hydrogen) atoms. The zero-order valence-corrected chi connectivity index (χ0v) is 20.0. The summed E-state index contributed by atoms with van der Waals surface area (Å²) in [5.41, 5.74) is 8.58. The lowest BCUT2D eigenvalue weighted by Gasteiger charge is -2.34. The van der Waals surface area contributed by atoms with Crippen LogP contribution in [0.1, 0.15) is 40.7 Å². The number of hydrogen-bond acceptors (Lipinski definition) is 4. The van der Waals surface area contributed by atoms with Gasteiger partial charge in [0.1, 0.15) is 0 Å². The van der Waals surface area contributed by atoms with Gasteiger partial charge in [0.2, 0.25) is 0 Å². The molecule has 2 aliphatic heterocycles. The van der Waals surface area contributed by atoms with E-state index < -0.39 is 0 Å². The van der Waals surface area contributed by atoms with Crippen LogP contribution in [0, 0.1) is 20.8 Å². The molecule has 2 aliphatic rings. The van der Waals surface area contributed by atoms with Gasteiger partial charge in [-0.2, -0.15) is 0 Å². The highest BCUT2D eigenvalue weighted by Gasteiger charge is 2.20. The van der Waals surface area contributed by atoms with E-state index in [0.717, 1.165) is 26.2 Å². The fourth-order valence-electron chi connectivity index (χ4n) is 5.03. The molecular weight excluding hydrogens is 380 g/mol. The van der Waals surface area contributed by atoms with Crippen molar-refractivity contribution >= 4 is 5.69 Å². The van der Waals surface area contributed by atoms with Gasteiger partial charge in [0, 0.05) is 64.1 Å². The monoisotopic (exact) mass is 420 g/mol. The number of piperidine rings is 1. The Bertz CT molecular complexity index is 862. The molecule has 0 aliphatic carbocycles. The van der Waals surface area contributed by atoms with Gasteiger partial charge < -0.3 is 15.1 Å². The largest absolute Gasteiger partial charge is 0.371 e. The fourth-order valence-corrected chi connectivity index (χ4v) is 5.03. The molecule has 2 fully saturated rings. The molecule has 2 heterocycles. The Morgan fingerprint density at radius 2 is 1.55 bits per heavy atom. The van der Waals surface area contributed by atoms with Crippen LogP contribution in [0.5, 0.6) is 0 Å². The number of likely N-dealkylation sites (N-methyl/N-ethyl adjacent to an activating group) is 1. The molecule has 0 bridgehead atoms. The molecule has 0 unspecified atom stereocenters. The molecule has 0 spiro atoms. The molecule has 4 nitrogen and oxygen atoms in total. The Morgan fingerprint density at radius 1 is 0.839 bits per heavy atom. The predicted molar refractivity (Wildman–Crippen MR) is 132 cm³/mol. The highest BCUT2D eigenvalue weighted by atomic mass is 15.2. The van der Waals surface area contributed by atoms with Crippen LogP contribution in [0.2, 0.25) is 0 Å². The predicted octanol–water partition coefficient (Wildman–Crippen LogP) is 4.12. The van der Waals surface area contributed by atoms with Crippen molar-refractivity contribution in [2.24, 2.45) is 0 Å². The van der Waals surface area contributed by atoms with Gasteiger partial charge in [-0.1, -0.05) is 29.8 Å². The quantitative estimate of drug-likeness (QED) is 0.759. The topological polar surface area (TPSA) is 21.8 Å². The average molecular weight is 421 g/mol. The van der Waals surface area contributed by atoms with E-state index in [2.05, 4.69) is 84.2 Å². The summed E-state index contributed by atoms with van der Waals surface area (Å²) in [4.78, 5) is 7.58. The summed E-state index contributed by atoms with van der Waals surface area (Å²) in [7, 11) is 2.23. The first-order valence-corrected chi connectivity index (χ1v) is 12.0. The van der Waals surface area contributed by atoms with Crippen LogP contribution < -0.4 is 10.2 Å². The number of hydrogen-bond donors (Lipinski definition) is 1. The molecule has 0 amide bonds. The number of nitrogens with zero attached hydrogens (tertiary/aromatic N) is 3. The summed E-state index contributed by atoms with van der Waals surface area (Å²) >= 11 is 0. The fraction of sp³-hybridized carbons (Fsp3) is 0.556. The molecule has 0 radical (unpaired) electrons. The minimum absolute atomic E-state index is 0.613. The number of anilines is 1. The smallest absolute Gasteiger partial charge is 0.0368 e. The second kappa shape index (κ2) is 10.2. The van der Waals surface area contributed by atoms with E-state index in [1.807, 2.05) is 0 Å². The van der Waals surface area contributed by atoms with E-state index in [4.69, 9.17) is 0 Å². The molecular formula is C27H40N4. The Hall–Kier alpha value is -1.88. The van der Waals surface area contributed by atoms with Gasteiger partial charge in [-0.3, -0.25) is 4.90 Å². The average Bonchev–Trinajstić information content (AvgIpc) is 2.77. The van der Waals surface area contributed by atoms with Crippen molar-refractivity contribution in [3.05, 3.63) is 64.2 Å². The van der Waals surface area contributed by atoms with E-state index in [1.54, 1.807) is 0 Å². The molecule has 2 saturated heterocycles. The van der Waals surface area contributed by atoms with Crippen LogP contribution in [-0.2, 0) is 13.1 Å². The summed E-state index contributed by atoms with van der Waals surface area (Å²) in [6.45, 7) is 15.8. The van der Waals surface area contributed by atoms with E-state index in [-0.39, 0.29) is 0 Å². The number of rotatable bonds is 6. The number of nitrogens with one attached hydrogen (secondary N) is 1. The van der Waals surface area contributed by atoms with Gasteiger partial charge in [-0.15, -0.1) is 0 Å². The summed E-state index contributed by atoms with van der Waals surface area (Å²) in [5, 5.41) is 3.88. The van der Waals surface area contributed by atoms with Crippen molar-refractivity contribution in [1.29, 1.82) is 0 Å². The summed E-state index contributed by atoms with van der Waals surface area (Å²) in [5.74, 6) is 0. The second-order valence-electron chi connectivity index (χ2n) is 9.77. The zero-order valence-electron chi connectivity index (χ0n) is 20.0. The van der Waals surface area contributed by atoms with Gasteiger partial charge in [0.05, 0.1) is 0 Å². The van der Waals surface area contributed by atoms with Crippen molar-refractivity contribution in [2.45, 2.75) is 52.7 Å². The van der Waals surface area contributed by atoms with Gasteiger partial charge in [-0.05, 0) is 75.0 Å². The Morgan fingerprint density at radius 3 is 2.26 bits per heavy atom. The molecule has 4 heteroatoms. The van der Waals surface area contributed by atoms with E-state index in [9.17, 15) is 0 Å². The Kier molecular flexibility index (Phi) is 7.31. The lowest BCUT2D eigenvalue weighted by Crippen LogP contribution is -2.44. The van der Waals surface area contributed by atoms with Crippen molar-refractivity contribution in [1.82, 2.24) is 15.1 Å². The standard InChI is InChI=1S/C27H40N4/c1-21-6-5-7-27(18-21)31-10-8-26(9-11-31)28-19-24-16-22(2)17-25(23(24)3)20-30-14-12-29(4)13-15-30/h5-7,16-18,26,28H,8-15,19-20H2,1-4H3. The Balaban J connectivity index is 1.32. The third-order valence-electron chi connectivity index (χ3n) is 7.20. The third-order valence-corrected chi connectivity index (χ3v) is 7.20. The van der Waals surface area contributed by atoms with E-state index in [1.165, 1.54) is 72.5 Å². The van der Waals surface area contributed by atoms with Crippen LogP contribution >= 0.6 is 0 Å². The first-order valence-electron chi connectivity index (χ1n) is 12.0. The summed E-state index contributed by atoms with van der Waals surface area (Å²) < 4.78 is 0. The molecule has 2 aromatic rings. The van der Waals surface area contributed by atoms with Crippen LogP contribution in [0.25, 0.3) is 0 Å². The highest BCUT2D eigenvalue weighted by molar-refractivity contribution is 5.48. The lowest BCUT2D eigenvalue weighted by molar-refractivity contribution is 0.148. The number of benzene rings is 2. The van der Waals surface area contributed by atoms with Crippen LogP contribution in [-0.4, -0.2) is 62.2 Å². The molecule has 2 aromatic carbocycles. The SMILES string of the molecule is Cc1cccc(N2CCC(NCc3cc(C)cc(CN4CCN(C)CC4)c3C)CC2)c1. The summed E-state index contributed by atoms with van der Waals surface area (Å²) in [6, 6.07) is 14.3. The van der Waals surface area contributed by atoms with Crippen LogP contribution in [0.3, 0.4) is 0 Å². The maximum atomic E-state index is 3.88. The molecule has 4 rings (SSSR count). The maximum absolute atomic E-state index is 3.88. The Labute approximate surface area is 189 Å². The minimum atomic E-state index is 0.613. The molecule has 1 N–H and O–H groups in total. The van der Waals surface area contributed by atoms with Crippen molar-refractivity contribution in [3.63, 3.8) is 0 Å².